The second-order valence-corrected chi connectivity index (χ2v) is 4.75. The van der Waals surface area contributed by atoms with Crippen LogP contribution < -0.4 is 5.84 Å². The van der Waals surface area contributed by atoms with Crippen LogP contribution in [0.4, 0.5) is 0 Å². The summed E-state index contributed by atoms with van der Waals surface area (Å²) in [7, 11) is 1.58. The zero-order chi connectivity index (χ0) is 12.8. The molecule has 0 saturated carbocycles. The van der Waals surface area contributed by atoms with Crippen molar-refractivity contribution in [1.82, 2.24) is 5.01 Å². The Balaban J connectivity index is 2.40. The molecule has 0 saturated heterocycles. The van der Waals surface area contributed by atoms with Gasteiger partial charge in [0.1, 0.15) is 0 Å². The Bertz CT molecular complexity index is 355. The maximum Gasteiger partial charge on any atom is 0.236 e. The lowest BCUT2D eigenvalue weighted by atomic mass is 10.00. The first-order chi connectivity index (χ1) is 8.00. The van der Waals surface area contributed by atoms with Crippen LogP contribution >= 0.6 is 0 Å². The van der Waals surface area contributed by atoms with Crippen LogP contribution in [-0.4, -0.2) is 18.0 Å². The first kappa shape index (κ1) is 13.7. The number of nitrogens with two attached hydrogens (primary N) is 1. The summed E-state index contributed by atoms with van der Waals surface area (Å²) in [5.41, 5.74) is 2.63. The van der Waals surface area contributed by atoms with E-state index in [1.807, 2.05) is 0 Å². The van der Waals surface area contributed by atoms with Gasteiger partial charge in [-0.25, -0.2) is 5.84 Å². The minimum Gasteiger partial charge on any atom is -0.284 e. The van der Waals surface area contributed by atoms with Crippen LogP contribution in [0, 0.1) is 0 Å². The molecule has 0 aromatic heterocycles. The lowest BCUT2D eigenvalue weighted by Gasteiger charge is -2.10. The van der Waals surface area contributed by atoms with E-state index < -0.39 is 0 Å². The normalized spacial score (nSPS) is 10.6. The van der Waals surface area contributed by atoms with Crippen molar-refractivity contribution in [2.45, 2.75) is 39.0 Å². The van der Waals surface area contributed by atoms with Crippen molar-refractivity contribution in [2.75, 3.05) is 7.05 Å². The summed E-state index contributed by atoms with van der Waals surface area (Å²) in [5.74, 6) is 5.91. The molecule has 1 amide bonds. The largest absolute Gasteiger partial charge is 0.284 e. The number of nitrogens with zero attached hydrogens (tertiary/aromatic N) is 1. The highest BCUT2D eigenvalue weighted by atomic mass is 16.2. The average molecular weight is 234 g/mol. The van der Waals surface area contributed by atoms with Crippen molar-refractivity contribution in [1.29, 1.82) is 0 Å². The minimum atomic E-state index is -0.0104. The molecule has 0 unspecified atom stereocenters. The molecule has 1 aromatic rings. The van der Waals surface area contributed by atoms with E-state index in [1.165, 1.54) is 11.1 Å². The van der Waals surface area contributed by atoms with Crippen LogP contribution in [0.2, 0.25) is 0 Å². The van der Waals surface area contributed by atoms with Crippen molar-refractivity contribution in [3.8, 4) is 0 Å². The standard InChI is InChI=1S/C14H22N2O/c1-11(2)13-9-7-12(8-10-13)5-4-6-14(17)16(3)15/h7-11H,4-6,15H2,1-3H3. The van der Waals surface area contributed by atoms with Crippen molar-refractivity contribution in [2.24, 2.45) is 5.84 Å². The van der Waals surface area contributed by atoms with Crippen LogP contribution in [0.3, 0.4) is 0 Å². The molecule has 17 heavy (non-hydrogen) atoms. The topological polar surface area (TPSA) is 46.3 Å². The van der Waals surface area contributed by atoms with E-state index >= 15 is 0 Å². The van der Waals surface area contributed by atoms with Gasteiger partial charge in [-0.15, -0.1) is 0 Å². The number of hydrogen-bond acceptors (Lipinski definition) is 2. The smallest absolute Gasteiger partial charge is 0.236 e. The van der Waals surface area contributed by atoms with Gasteiger partial charge < -0.3 is 0 Å². The Morgan fingerprint density at radius 1 is 1.29 bits per heavy atom. The van der Waals surface area contributed by atoms with Crippen molar-refractivity contribution >= 4 is 5.91 Å². The average Bonchev–Trinajstić information content (AvgIpc) is 2.29. The van der Waals surface area contributed by atoms with Gasteiger partial charge in [0.2, 0.25) is 5.91 Å². The highest BCUT2D eigenvalue weighted by Crippen LogP contribution is 2.15. The van der Waals surface area contributed by atoms with Crippen molar-refractivity contribution in [3.63, 3.8) is 0 Å². The summed E-state index contributed by atoms with van der Waals surface area (Å²) >= 11 is 0. The third-order valence-electron chi connectivity index (χ3n) is 2.90. The van der Waals surface area contributed by atoms with Gasteiger partial charge in [0, 0.05) is 13.5 Å². The maximum absolute atomic E-state index is 11.3. The monoisotopic (exact) mass is 234 g/mol. The number of carbonyl (C=O) groups excluding carboxylic acids is 1. The third kappa shape index (κ3) is 4.57. The lowest BCUT2D eigenvalue weighted by molar-refractivity contribution is -0.130. The van der Waals surface area contributed by atoms with E-state index in [0.717, 1.165) is 17.9 Å². The fourth-order valence-corrected chi connectivity index (χ4v) is 1.69. The van der Waals surface area contributed by atoms with E-state index in [4.69, 9.17) is 5.84 Å². The molecule has 0 radical (unpaired) electrons. The van der Waals surface area contributed by atoms with Crippen molar-refractivity contribution < 1.29 is 4.79 Å². The summed E-state index contributed by atoms with van der Waals surface area (Å²) in [6, 6.07) is 8.62. The zero-order valence-corrected chi connectivity index (χ0v) is 10.9. The van der Waals surface area contributed by atoms with E-state index in [0.29, 0.717) is 12.3 Å². The van der Waals surface area contributed by atoms with Gasteiger partial charge in [-0.05, 0) is 29.9 Å². The van der Waals surface area contributed by atoms with Gasteiger partial charge in [0.25, 0.3) is 0 Å². The zero-order valence-electron chi connectivity index (χ0n) is 10.9. The van der Waals surface area contributed by atoms with Crippen molar-refractivity contribution in [3.05, 3.63) is 35.4 Å². The second-order valence-electron chi connectivity index (χ2n) is 4.75. The molecular formula is C14H22N2O. The molecule has 1 aromatic carbocycles. The van der Waals surface area contributed by atoms with Crippen LogP contribution in [0.5, 0.6) is 0 Å². The van der Waals surface area contributed by atoms with E-state index in [1.54, 1.807) is 7.05 Å². The number of benzene rings is 1. The first-order valence-electron chi connectivity index (χ1n) is 6.10. The summed E-state index contributed by atoms with van der Waals surface area (Å²) in [5, 5.41) is 1.15. The fourth-order valence-electron chi connectivity index (χ4n) is 1.69. The summed E-state index contributed by atoms with van der Waals surface area (Å²) < 4.78 is 0. The SMILES string of the molecule is CC(C)c1ccc(CCCC(=O)N(C)N)cc1. The molecular weight excluding hydrogens is 212 g/mol. The van der Waals surface area contributed by atoms with E-state index in [2.05, 4.69) is 38.1 Å². The first-order valence-corrected chi connectivity index (χ1v) is 6.10. The Hall–Kier alpha value is -1.35. The number of aryl methyl sites for hydroxylation is 1. The third-order valence-corrected chi connectivity index (χ3v) is 2.90. The van der Waals surface area contributed by atoms with Gasteiger partial charge in [-0.1, -0.05) is 38.1 Å². The quantitative estimate of drug-likeness (QED) is 0.483. The molecule has 0 spiro atoms. The van der Waals surface area contributed by atoms with E-state index in [9.17, 15) is 4.79 Å². The molecule has 3 nitrogen and oxygen atoms in total. The molecule has 0 bridgehead atoms. The fraction of sp³-hybridized carbons (Fsp3) is 0.500. The molecule has 1 rings (SSSR count). The Morgan fingerprint density at radius 3 is 2.35 bits per heavy atom. The maximum atomic E-state index is 11.3. The number of amides is 1. The number of carbonyl (C=O) groups is 1. The highest BCUT2D eigenvalue weighted by Gasteiger charge is 2.04. The second kappa shape index (κ2) is 6.40. The predicted octanol–water partition coefficient (Wildman–Crippen LogP) is 2.46. The molecule has 0 aliphatic carbocycles. The number of rotatable bonds is 5. The Labute approximate surface area is 104 Å². The van der Waals surface area contributed by atoms with Gasteiger partial charge in [-0.2, -0.15) is 0 Å². The van der Waals surface area contributed by atoms with E-state index in [-0.39, 0.29) is 5.91 Å². The molecule has 0 atom stereocenters. The number of hydrogen-bond donors (Lipinski definition) is 1. The molecule has 2 N–H and O–H groups in total. The molecule has 3 heteroatoms. The Kier molecular flexibility index (Phi) is 5.16. The molecule has 0 aliphatic rings. The van der Waals surface area contributed by atoms with Gasteiger partial charge in [0.15, 0.2) is 0 Å². The van der Waals surface area contributed by atoms with Gasteiger partial charge in [-0.3, -0.25) is 9.80 Å². The molecule has 0 aliphatic heterocycles. The molecule has 94 valence electrons. The Morgan fingerprint density at radius 2 is 1.88 bits per heavy atom. The van der Waals surface area contributed by atoms with Gasteiger partial charge >= 0.3 is 0 Å². The predicted molar refractivity (Wildman–Crippen MR) is 70.4 cm³/mol. The summed E-state index contributed by atoms with van der Waals surface area (Å²) in [6.45, 7) is 4.37. The summed E-state index contributed by atoms with van der Waals surface area (Å²) in [6.07, 6.45) is 2.29. The summed E-state index contributed by atoms with van der Waals surface area (Å²) in [4.78, 5) is 11.3. The molecule has 0 heterocycles. The highest BCUT2D eigenvalue weighted by molar-refractivity contribution is 5.75. The number of hydrazine groups is 1. The minimum absolute atomic E-state index is 0.0104. The van der Waals surface area contributed by atoms with Crippen LogP contribution in [0.1, 0.15) is 43.7 Å². The lowest BCUT2D eigenvalue weighted by Crippen LogP contribution is -2.32. The van der Waals surface area contributed by atoms with Crippen LogP contribution in [-0.2, 0) is 11.2 Å². The van der Waals surface area contributed by atoms with Crippen LogP contribution in [0.15, 0.2) is 24.3 Å². The molecule has 0 fully saturated rings. The van der Waals surface area contributed by atoms with Crippen LogP contribution in [0.25, 0.3) is 0 Å². The van der Waals surface area contributed by atoms with Gasteiger partial charge in [0.05, 0.1) is 0 Å².